The predicted molar refractivity (Wildman–Crippen MR) is 107 cm³/mol. The van der Waals surface area contributed by atoms with Gasteiger partial charge in [-0.2, -0.15) is 0 Å². The highest BCUT2D eigenvalue weighted by molar-refractivity contribution is 7.13. The molecule has 1 saturated heterocycles. The largest absolute Gasteiger partial charge is 0.472 e. The quantitative estimate of drug-likeness (QED) is 0.719. The summed E-state index contributed by atoms with van der Waals surface area (Å²) in [6.07, 6.45) is 4.75. The third-order valence-electron chi connectivity index (χ3n) is 4.83. The number of piperidine rings is 1. The molecule has 1 aliphatic heterocycles. The van der Waals surface area contributed by atoms with Crippen LogP contribution in [0.2, 0.25) is 0 Å². The molecule has 144 valence electrons. The first-order valence-corrected chi connectivity index (χ1v) is 10.2. The van der Waals surface area contributed by atoms with E-state index in [9.17, 15) is 9.59 Å². The lowest BCUT2D eigenvalue weighted by atomic mass is 10.0. The second-order valence-corrected chi connectivity index (χ2v) is 7.69. The normalized spacial score (nSPS) is 14.8. The molecule has 3 aromatic rings. The molecule has 4 rings (SSSR count). The summed E-state index contributed by atoms with van der Waals surface area (Å²) in [5.74, 6) is -0.0426. The zero-order valence-corrected chi connectivity index (χ0v) is 16.2. The molecule has 0 radical (unpaired) electrons. The molecule has 1 aromatic carbocycles. The first kappa shape index (κ1) is 18.4. The molecular formula is C21H21N3O3S. The van der Waals surface area contributed by atoms with E-state index < -0.39 is 0 Å². The van der Waals surface area contributed by atoms with Crippen LogP contribution in [0.3, 0.4) is 0 Å². The Morgan fingerprint density at radius 2 is 1.96 bits per heavy atom. The molecule has 0 spiro atoms. The maximum Gasteiger partial charge on any atom is 0.257 e. The molecule has 3 heterocycles. The smallest absolute Gasteiger partial charge is 0.257 e. The number of aromatic nitrogens is 1. The molecular weight excluding hydrogens is 374 g/mol. The molecule has 0 bridgehead atoms. The average Bonchev–Trinajstić information content (AvgIpc) is 3.41. The van der Waals surface area contributed by atoms with Crippen LogP contribution in [0, 0.1) is 0 Å². The monoisotopic (exact) mass is 395 g/mol. The van der Waals surface area contributed by atoms with Crippen molar-refractivity contribution < 1.29 is 14.0 Å². The number of thiazole rings is 1. The molecule has 7 heteroatoms. The summed E-state index contributed by atoms with van der Waals surface area (Å²) in [7, 11) is 0. The first-order chi connectivity index (χ1) is 13.7. The fraction of sp³-hybridized carbons (Fsp3) is 0.286. The maximum absolute atomic E-state index is 12.4. The highest BCUT2D eigenvalue weighted by Crippen LogP contribution is 2.23. The van der Waals surface area contributed by atoms with E-state index in [0.717, 1.165) is 29.1 Å². The summed E-state index contributed by atoms with van der Waals surface area (Å²) in [5, 5.41) is 5.94. The fourth-order valence-corrected chi connectivity index (χ4v) is 4.17. The van der Waals surface area contributed by atoms with Crippen molar-refractivity contribution in [2.24, 2.45) is 0 Å². The minimum absolute atomic E-state index is 0.0190. The Morgan fingerprint density at radius 1 is 1.18 bits per heavy atom. The number of hydrogen-bond donors (Lipinski definition) is 1. The van der Waals surface area contributed by atoms with Gasteiger partial charge in [-0.05, 0) is 18.9 Å². The number of nitrogens with zero attached hydrogens (tertiary/aromatic N) is 2. The van der Waals surface area contributed by atoms with Crippen molar-refractivity contribution in [1.29, 1.82) is 0 Å². The van der Waals surface area contributed by atoms with Crippen LogP contribution in [0.25, 0.3) is 10.6 Å². The zero-order valence-electron chi connectivity index (χ0n) is 15.3. The molecule has 0 atom stereocenters. The van der Waals surface area contributed by atoms with Crippen molar-refractivity contribution >= 4 is 23.2 Å². The number of furan rings is 1. The van der Waals surface area contributed by atoms with Gasteiger partial charge in [0.25, 0.3) is 5.91 Å². The van der Waals surface area contributed by atoms with Gasteiger partial charge in [0.1, 0.15) is 11.3 Å². The summed E-state index contributed by atoms with van der Waals surface area (Å²) in [5.41, 5.74) is 2.42. The Bertz CT molecular complexity index is 929. The highest BCUT2D eigenvalue weighted by Gasteiger charge is 2.25. The molecule has 0 saturated carbocycles. The van der Waals surface area contributed by atoms with Crippen LogP contribution in [0.15, 0.2) is 58.7 Å². The van der Waals surface area contributed by atoms with Crippen molar-refractivity contribution in [3.8, 4) is 10.6 Å². The highest BCUT2D eigenvalue weighted by atomic mass is 32.1. The predicted octanol–water partition coefficient (Wildman–Crippen LogP) is 3.37. The van der Waals surface area contributed by atoms with Crippen molar-refractivity contribution in [2.45, 2.75) is 25.3 Å². The van der Waals surface area contributed by atoms with Crippen LogP contribution < -0.4 is 5.32 Å². The number of nitrogens with one attached hydrogen (secondary N) is 1. The molecule has 6 nitrogen and oxygen atoms in total. The summed E-state index contributed by atoms with van der Waals surface area (Å²) >= 11 is 1.55. The topological polar surface area (TPSA) is 75.4 Å². The Morgan fingerprint density at radius 3 is 2.68 bits per heavy atom. The summed E-state index contributed by atoms with van der Waals surface area (Å²) in [4.78, 5) is 31.1. The summed E-state index contributed by atoms with van der Waals surface area (Å²) < 4.78 is 4.98. The average molecular weight is 395 g/mol. The van der Waals surface area contributed by atoms with Crippen molar-refractivity contribution in [2.75, 3.05) is 13.1 Å². The lowest BCUT2D eigenvalue weighted by molar-refractivity contribution is -0.121. The van der Waals surface area contributed by atoms with Crippen LogP contribution in [-0.4, -0.2) is 40.8 Å². The van der Waals surface area contributed by atoms with Gasteiger partial charge in [-0.3, -0.25) is 9.59 Å². The van der Waals surface area contributed by atoms with Gasteiger partial charge in [-0.15, -0.1) is 11.3 Å². The van der Waals surface area contributed by atoms with E-state index in [0.29, 0.717) is 18.7 Å². The van der Waals surface area contributed by atoms with Crippen LogP contribution in [0.4, 0.5) is 0 Å². The third-order valence-corrected chi connectivity index (χ3v) is 5.77. The van der Waals surface area contributed by atoms with Gasteiger partial charge < -0.3 is 14.6 Å². The number of benzene rings is 1. The van der Waals surface area contributed by atoms with Crippen LogP contribution in [0.1, 0.15) is 28.9 Å². The fourth-order valence-electron chi connectivity index (χ4n) is 3.34. The molecule has 2 amide bonds. The van der Waals surface area contributed by atoms with Gasteiger partial charge >= 0.3 is 0 Å². The minimum Gasteiger partial charge on any atom is -0.472 e. The lowest BCUT2D eigenvalue weighted by Gasteiger charge is -2.32. The van der Waals surface area contributed by atoms with Gasteiger partial charge in [0.05, 0.1) is 23.9 Å². The van der Waals surface area contributed by atoms with Crippen molar-refractivity contribution in [3.05, 3.63) is 65.6 Å². The lowest BCUT2D eigenvalue weighted by Crippen LogP contribution is -2.46. The van der Waals surface area contributed by atoms with E-state index in [-0.39, 0.29) is 24.3 Å². The van der Waals surface area contributed by atoms with Gasteiger partial charge in [0.2, 0.25) is 5.91 Å². The molecule has 2 aromatic heterocycles. The van der Waals surface area contributed by atoms with E-state index in [2.05, 4.69) is 10.3 Å². The van der Waals surface area contributed by atoms with E-state index in [1.165, 1.54) is 12.5 Å². The number of amides is 2. The Balaban J connectivity index is 1.26. The number of carbonyl (C=O) groups is 2. The number of rotatable bonds is 5. The van der Waals surface area contributed by atoms with Crippen molar-refractivity contribution in [3.63, 3.8) is 0 Å². The van der Waals surface area contributed by atoms with E-state index in [1.54, 1.807) is 22.3 Å². The molecule has 28 heavy (non-hydrogen) atoms. The van der Waals surface area contributed by atoms with Gasteiger partial charge in [-0.25, -0.2) is 4.98 Å². The number of carbonyl (C=O) groups excluding carboxylic acids is 2. The molecule has 0 aliphatic carbocycles. The van der Waals surface area contributed by atoms with E-state index in [4.69, 9.17) is 4.42 Å². The maximum atomic E-state index is 12.4. The van der Waals surface area contributed by atoms with E-state index >= 15 is 0 Å². The van der Waals surface area contributed by atoms with Crippen LogP contribution in [-0.2, 0) is 11.2 Å². The Labute approximate surface area is 167 Å². The second-order valence-electron chi connectivity index (χ2n) is 6.83. The van der Waals surface area contributed by atoms with E-state index in [1.807, 2.05) is 35.7 Å². The van der Waals surface area contributed by atoms with Gasteiger partial charge in [0, 0.05) is 30.1 Å². The minimum atomic E-state index is -0.0236. The molecule has 1 N–H and O–H groups in total. The van der Waals surface area contributed by atoms with Crippen LogP contribution in [0.5, 0.6) is 0 Å². The van der Waals surface area contributed by atoms with Gasteiger partial charge in [-0.1, -0.05) is 30.3 Å². The van der Waals surface area contributed by atoms with Gasteiger partial charge in [0.15, 0.2) is 0 Å². The van der Waals surface area contributed by atoms with Crippen molar-refractivity contribution in [1.82, 2.24) is 15.2 Å². The number of hydrogen-bond acceptors (Lipinski definition) is 5. The molecule has 1 fully saturated rings. The first-order valence-electron chi connectivity index (χ1n) is 9.30. The second kappa shape index (κ2) is 8.39. The summed E-state index contributed by atoms with van der Waals surface area (Å²) in [6, 6.07) is 11.7. The Hall–Kier alpha value is -2.93. The SMILES string of the molecule is O=C(Cc1csc(-c2ccccc2)n1)NC1CCN(C(=O)c2ccoc2)CC1. The summed E-state index contributed by atoms with van der Waals surface area (Å²) in [6.45, 7) is 1.26. The standard InChI is InChI=1S/C21H21N3O3S/c25-19(12-18-14-28-20(23-18)15-4-2-1-3-5-15)22-17-6-9-24(10-7-17)21(26)16-8-11-27-13-16/h1-5,8,11,13-14,17H,6-7,9-10,12H2,(H,22,25). The van der Waals surface area contributed by atoms with Crippen LogP contribution >= 0.6 is 11.3 Å². The zero-order chi connectivity index (χ0) is 19.3. The molecule has 1 aliphatic rings. The number of likely N-dealkylation sites (tertiary alicyclic amines) is 1. The molecule has 0 unspecified atom stereocenters. The third kappa shape index (κ3) is 4.31. The Kier molecular flexibility index (Phi) is 5.53.